The Labute approximate surface area is 100 Å². The highest BCUT2D eigenvalue weighted by Crippen LogP contribution is 2.15. The maximum atomic E-state index is 6.09. The molecule has 3 nitrogen and oxygen atoms in total. The van der Waals surface area contributed by atoms with Crippen LogP contribution in [0.5, 0.6) is 0 Å². The summed E-state index contributed by atoms with van der Waals surface area (Å²) in [4.78, 5) is 0. The van der Waals surface area contributed by atoms with Crippen molar-refractivity contribution in [3.8, 4) is 0 Å². The summed E-state index contributed by atoms with van der Waals surface area (Å²) in [6, 6.07) is 0.173. The summed E-state index contributed by atoms with van der Waals surface area (Å²) in [7, 11) is 0. The Kier molecular flexibility index (Phi) is 7.01. The maximum absolute atomic E-state index is 6.09. The van der Waals surface area contributed by atoms with Crippen molar-refractivity contribution >= 4 is 0 Å². The highest BCUT2D eigenvalue weighted by atomic mass is 14.8. The van der Waals surface area contributed by atoms with E-state index in [-0.39, 0.29) is 18.1 Å². The molecule has 0 bridgehead atoms. The molecule has 0 amide bonds. The van der Waals surface area contributed by atoms with E-state index in [0.29, 0.717) is 0 Å². The molecule has 2 atom stereocenters. The second kappa shape index (κ2) is 8.04. The van der Waals surface area contributed by atoms with Crippen molar-refractivity contribution in [2.75, 3.05) is 0 Å². The number of rotatable bonds is 0. The van der Waals surface area contributed by atoms with E-state index in [1.165, 1.54) is 51.4 Å². The summed E-state index contributed by atoms with van der Waals surface area (Å²) in [5.41, 5.74) is 18.3. The molecule has 0 aromatic rings. The average molecular weight is 227 g/mol. The van der Waals surface area contributed by atoms with E-state index in [1.807, 2.05) is 0 Å². The van der Waals surface area contributed by atoms with Crippen LogP contribution in [0.4, 0.5) is 0 Å². The van der Waals surface area contributed by atoms with Gasteiger partial charge in [0.05, 0.1) is 0 Å². The van der Waals surface area contributed by atoms with Crippen molar-refractivity contribution in [1.29, 1.82) is 0 Å². The molecule has 0 aromatic carbocycles. The maximum Gasteiger partial charge on any atom is 0.0346 e. The molecule has 1 saturated carbocycles. The van der Waals surface area contributed by atoms with Gasteiger partial charge in [-0.3, -0.25) is 0 Å². The molecule has 0 heterocycles. The van der Waals surface area contributed by atoms with Crippen LogP contribution >= 0.6 is 0 Å². The molecular formula is C13H29N3. The highest BCUT2D eigenvalue weighted by molar-refractivity contribution is 4.85. The molecule has 1 aliphatic rings. The molecule has 1 aliphatic carbocycles. The summed E-state index contributed by atoms with van der Waals surface area (Å²) in [6.07, 6.45) is 12.6. The van der Waals surface area contributed by atoms with Crippen molar-refractivity contribution in [3.63, 3.8) is 0 Å². The van der Waals surface area contributed by atoms with E-state index in [1.54, 1.807) is 0 Å². The fourth-order valence-corrected chi connectivity index (χ4v) is 2.52. The van der Waals surface area contributed by atoms with Crippen LogP contribution < -0.4 is 17.2 Å². The first kappa shape index (κ1) is 13.9. The largest absolute Gasteiger partial charge is 0.326 e. The van der Waals surface area contributed by atoms with Crippen LogP contribution in [0.3, 0.4) is 0 Å². The Morgan fingerprint density at radius 1 is 0.500 bits per heavy atom. The lowest BCUT2D eigenvalue weighted by molar-refractivity contribution is 0.392. The van der Waals surface area contributed by atoms with E-state index in [4.69, 9.17) is 17.2 Å². The number of hydrogen-bond acceptors (Lipinski definition) is 3. The lowest BCUT2D eigenvalue weighted by Gasteiger charge is -2.25. The molecule has 0 radical (unpaired) electrons. The lowest BCUT2D eigenvalue weighted by atomic mass is 9.94. The predicted octanol–water partition coefficient (Wildman–Crippen LogP) is 1.88. The summed E-state index contributed by atoms with van der Waals surface area (Å²) < 4.78 is 0. The Morgan fingerprint density at radius 2 is 0.812 bits per heavy atom. The van der Waals surface area contributed by atoms with Gasteiger partial charge < -0.3 is 17.2 Å². The van der Waals surface area contributed by atoms with E-state index in [2.05, 4.69) is 0 Å². The quantitative estimate of drug-likeness (QED) is 0.591. The van der Waals surface area contributed by atoms with Crippen LogP contribution in [0.2, 0.25) is 0 Å². The zero-order valence-electron chi connectivity index (χ0n) is 10.5. The standard InChI is InChI=1S/C13H29N3/c14-11-9-7-5-3-1-2-4-6-8-10-12(15)13(11)16/h11-13H,1-10,14-16H2. The van der Waals surface area contributed by atoms with Gasteiger partial charge in [0.1, 0.15) is 0 Å². The molecule has 16 heavy (non-hydrogen) atoms. The van der Waals surface area contributed by atoms with Crippen molar-refractivity contribution in [2.45, 2.75) is 82.3 Å². The van der Waals surface area contributed by atoms with Crippen LogP contribution in [0, 0.1) is 0 Å². The Morgan fingerprint density at radius 3 is 1.19 bits per heavy atom. The molecular weight excluding hydrogens is 198 g/mol. The first-order valence-corrected chi connectivity index (χ1v) is 6.98. The van der Waals surface area contributed by atoms with E-state index >= 15 is 0 Å². The van der Waals surface area contributed by atoms with Crippen molar-refractivity contribution in [3.05, 3.63) is 0 Å². The Hall–Kier alpha value is -0.120. The van der Waals surface area contributed by atoms with Crippen LogP contribution in [0.15, 0.2) is 0 Å². The van der Waals surface area contributed by atoms with E-state index in [9.17, 15) is 0 Å². The first-order valence-electron chi connectivity index (χ1n) is 6.98. The van der Waals surface area contributed by atoms with Gasteiger partial charge in [0.15, 0.2) is 0 Å². The van der Waals surface area contributed by atoms with Gasteiger partial charge >= 0.3 is 0 Å². The third-order valence-electron chi connectivity index (χ3n) is 3.81. The molecule has 1 fully saturated rings. The van der Waals surface area contributed by atoms with Crippen molar-refractivity contribution in [1.82, 2.24) is 0 Å². The number of nitrogens with two attached hydrogens (primary N) is 3. The fraction of sp³-hybridized carbons (Fsp3) is 1.00. The number of hydrogen-bond donors (Lipinski definition) is 3. The summed E-state index contributed by atoms with van der Waals surface area (Å²) in [5.74, 6) is 0. The molecule has 1 rings (SSSR count). The first-order chi connectivity index (χ1) is 7.72. The van der Waals surface area contributed by atoms with Crippen LogP contribution in [-0.4, -0.2) is 18.1 Å². The Bertz CT molecular complexity index is 155. The highest BCUT2D eigenvalue weighted by Gasteiger charge is 2.19. The van der Waals surface area contributed by atoms with Gasteiger partial charge in [0.2, 0.25) is 0 Å². The molecule has 3 heteroatoms. The SMILES string of the molecule is NC1CCCCCCCCCCC(N)C1N. The van der Waals surface area contributed by atoms with Gasteiger partial charge in [-0.15, -0.1) is 0 Å². The summed E-state index contributed by atoms with van der Waals surface area (Å²) in [5, 5.41) is 0. The predicted molar refractivity (Wildman–Crippen MR) is 70.1 cm³/mol. The third kappa shape index (κ3) is 5.28. The monoisotopic (exact) mass is 227 g/mol. The van der Waals surface area contributed by atoms with Gasteiger partial charge in [-0.05, 0) is 12.8 Å². The molecule has 0 aromatic heterocycles. The third-order valence-corrected chi connectivity index (χ3v) is 3.81. The van der Waals surface area contributed by atoms with Crippen LogP contribution in [0.25, 0.3) is 0 Å². The minimum absolute atomic E-state index is 0.0132. The van der Waals surface area contributed by atoms with Gasteiger partial charge in [-0.2, -0.15) is 0 Å². The molecule has 2 unspecified atom stereocenters. The topological polar surface area (TPSA) is 78.1 Å². The molecule has 0 spiro atoms. The van der Waals surface area contributed by atoms with Crippen molar-refractivity contribution < 1.29 is 0 Å². The zero-order valence-corrected chi connectivity index (χ0v) is 10.5. The smallest absolute Gasteiger partial charge is 0.0346 e. The molecule has 6 N–H and O–H groups in total. The van der Waals surface area contributed by atoms with Crippen LogP contribution in [0.1, 0.15) is 64.2 Å². The zero-order chi connectivity index (χ0) is 11.8. The van der Waals surface area contributed by atoms with Gasteiger partial charge in [0.25, 0.3) is 0 Å². The van der Waals surface area contributed by atoms with Gasteiger partial charge in [-0.1, -0.05) is 51.4 Å². The minimum atomic E-state index is -0.0132. The minimum Gasteiger partial charge on any atom is -0.326 e. The second-order valence-corrected chi connectivity index (χ2v) is 5.31. The van der Waals surface area contributed by atoms with E-state index < -0.39 is 0 Å². The van der Waals surface area contributed by atoms with E-state index in [0.717, 1.165) is 12.8 Å². The summed E-state index contributed by atoms with van der Waals surface area (Å²) >= 11 is 0. The second-order valence-electron chi connectivity index (χ2n) is 5.31. The summed E-state index contributed by atoms with van der Waals surface area (Å²) in [6.45, 7) is 0. The molecule has 0 aliphatic heterocycles. The van der Waals surface area contributed by atoms with Gasteiger partial charge in [0, 0.05) is 18.1 Å². The Balaban J connectivity index is 2.36. The van der Waals surface area contributed by atoms with Crippen molar-refractivity contribution in [2.24, 2.45) is 17.2 Å². The fourth-order valence-electron chi connectivity index (χ4n) is 2.52. The molecule has 0 saturated heterocycles. The van der Waals surface area contributed by atoms with Gasteiger partial charge in [-0.25, -0.2) is 0 Å². The normalized spacial score (nSPS) is 35.8. The average Bonchev–Trinajstić information content (AvgIpc) is 2.29. The lowest BCUT2D eigenvalue weighted by Crippen LogP contribution is -2.52. The molecule has 96 valence electrons. The van der Waals surface area contributed by atoms with Crippen LogP contribution in [-0.2, 0) is 0 Å².